The number of nitriles is 1. The molecule has 0 aliphatic heterocycles. The summed E-state index contributed by atoms with van der Waals surface area (Å²) in [5.41, 5.74) is 6.91. The number of carbonyl (C=O) groups excluding carboxylic acids is 1. The first-order valence-corrected chi connectivity index (χ1v) is 10.7. The minimum absolute atomic E-state index is 0.000766. The minimum Gasteiger partial charge on any atom is -0.493 e. The Balaban J connectivity index is 1.76. The Kier molecular flexibility index (Phi) is 7.53. The summed E-state index contributed by atoms with van der Waals surface area (Å²) in [6.45, 7) is 8.46. The molecule has 168 valence electrons. The van der Waals surface area contributed by atoms with Crippen LogP contribution in [0, 0.1) is 39.0 Å². The van der Waals surface area contributed by atoms with Crippen LogP contribution in [-0.4, -0.2) is 13.0 Å². The van der Waals surface area contributed by atoms with Gasteiger partial charge in [-0.05, 0) is 79.8 Å². The van der Waals surface area contributed by atoms with Crippen molar-refractivity contribution in [2.45, 2.75) is 34.3 Å². The van der Waals surface area contributed by atoms with Crippen LogP contribution >= 0.6 is 0 Å². The SMILES string of the molecule is COc1cc(/C=C(\C#N)C(=O)Nc2ccc(C)cc2C)ccc1OCc1ccc(C)c(C)c1. The molecule has 0 aromatic heterocycles. The number of aryl methyl sites for hydroxylation is 4. The summed E-state index contributed by atoms with van der Waals surface area (Å²) in [5.74, 6) is 0.657. The fraction of sp³-hybridized carbons (Fsp3) is 0.214. The van der Waals surface area contributed by atoms with Gasteiger partial charge >= 0.3 is 0 Å². The molecule has 0 aliphatic carbocycles. The van der Waals surface area contributed by atoms with E-state index in [0.717, 1.165) is 16.7 Å². The Morgan fingerprint density at radius 1 is 0.939 bits per heavy atom. The van der Waals surface area contributed by atoms with E-state index >= 15 is 0 Å². The van der Waals surface area contributed by atoms with Crippen LogP contribution in [0.25, 0.3) is 6.08 Å². The molecule has 0 aliphatic rings. The second-order valence-electron chi connectivity index (χ2n) is 8.06. The van der Waals surface area contributed by atoms with Gasteiger partial charge in [0.15, 0.2) is 11.5 Å². The number of rotatable bonds is 7. The van der Waals surface area contributed by atoms with Crippen LogP contribution in [0.1, 0.15) is 33.4 Å². The van der Waals surface area contributed by atoms with Gasteiger partial charge in [0.05, 0.1) is 7.11 Å². The van der Waals surface area contributed by atoms with Gasteiger partial charge in [-0.2, -0.15) is 5.26 Å². The van der Waals surface area contributed by atoms with Crippen LogP contribution < -0.4 is 14.8 Å². The first kappa shape index (κ1) is 23.6. The standard InChI is InChI=1S/C28H28N2O3/c1-18-6-10-25(21(4)12-18)30-28(31)24(16-29)14-22-9-11-26(27(15-22)32-5)33-17-23-8-7-19(2)20(3)13-23/h6-15H,17H2,1-5H3,(H,30,31)/b24-14+. The van der Waals surface area contributed by atoms with Crippen LogP contribution in [0.2, 0.25) is 0 Å². The molecular weight excluding hydrogens is 412 g/mol. The van der Waals surface area contributed by atoms with Crippen molar-refractivity contribution in [3.63, 3.8) is 0 Å². The van der Waals surface area contributed by atoms with E-state index in [-0.39, 0.29) is 5.57 Å². The molecule has 1 amide bonds. The van der Waals surface area contributed by atoms with E-state index in [1.54, 1.807) is 25.3 Å². The average Bonchev–Trinajstić information content (AvgIpc) is 2.80. The lowest BCUT2D eigenvalue weighted by Gasteiger charge is -2.12. The lowest BCUT2D eigenvalue weighted by Crippen LogP contribution is -2.14. The van der Waals surface area contributed by atoms with Gasteiger partial charge in [-0.25, -0.2) is 0 Å². The summed E-state index contributed by atoms with van der Waals surface area (Å²) < 4.78 is 11.4. The third-order valence-electron chi connectivity index (χ3n) is 5.46. The Hall–Kier alpha value is -4.04. The van der Waals surface area contributed by atoms with E-state index in [1.807, 2.05) is 44.2 Å². The van der Waals surface area contributed by atoms with Crippen molar-refractivity contribution in [1.82, 2.24) is 0 Å². The van der Waals surface area contributed by atoms with Crippen molar-refractivity contribution in [3.8, 4) is 17.6 Å². The van der Waals surface area contributed by atoms with Gasteiger partial charge in [-0.15, -0.1) is 0 Å². The quantitative estimate of drug-likeness (QED) is 0.358. The Bertz CT molecular complexity index is 1250. The average molecular weight is 441 g/mol. The normalized spacial score (nSPS) is 11.0. The number of ether oxygens (including phenoxy) is 2. The summed E-state index contributed by atoms with van der Waals surface area (Å²) in [5, 5.41) is 12.4. The zero-order chi connectivity index (χ0) is 24.0. The number of hydrogen-bond donors (Lipinski definition) is 1. The number of benzene rings is 3. The molecule has 3 aromatic rings. The highest BCUT2D eigenvalue weighted by Gasteiger charge is 2.12. The maximum atomic E-state index is 12.7. The number of anilines is 1. The molecule has 0 saturated carbocycles. The molecule has 0 bridgehead atoms. The molecule has 0 fully saturated rings. The van der Waals surface area contributed by atoms with Gasteiger partial charge in [0.2, 0.25) is 0 Å². The van der Waals surface area contributed by atoms with Gasteiger partial charge in [0, 0.05) is 5.69 Å². The van der Waals surface area contributed by atoms with Gasteiger partial charge < -0.3 is 14.8 Å². The van der Waals surface area contributed by atoms with Gasteiger partial charge in [0.1, 0.15) is 18.2 Å². The van der Waals surface area contributed by atoms with E-state index in [0.29, 0.717) is 29.4 Å². The monoisotopic (exact) mass is 440 g/mol. The summed E-state index contributed by atoms with van der Waals surface area (Å²) in [4.78, 5) is 12.7. The predicted molar refractivity (Wildman–Crippen MR) is 131 cm³/mol. The van der Waals surface area contributed by atoms with Crippen LogP contribution in [0.3, 0.4) is 0 Å². The zero-order valence-corrected chi connectivity index (χ0v) is 19.7. The molecule has 0 atom stereocenters. The maximum absolute atomic E-state index is 12.7. The van der Waals surface area contributed by atoms with Crippen LogP contribution in [0.5, 0.6) is 11.5 Å². The van der Waals surface area contributed by atoms with E-state index in [4.69, 9.17) is 9.47 Å². The van der Waals surface area contributed by atoms with Crippen molar-refractivity contribution >= 4 is 17.7 Å². The number of amides is 1. The van der Waals surface area contributed by atoms with E-state index in [2.05, 4.69) is 31.3 Å². The van der Waals surface area contributed by atoms with Crippen molar-refractivity contribution < 1.29 is 14.3 Å². The number of nitrogens with zero attached hydrogens (tertiary/aromatic N) is 1. The second-order valence-corrected chi connectivity index (χ2v) is 8.06. The first-order valence-electron chi connectivity index (χ1n) is 10.7. The number of nitrogens with one attached hydrogen (secondary N) is 1. The summed E-state index contributed by atoms with van der Waals surface area (Å²) in [6, 6.07) is 19.3. The van der Waals surface area contributed by atoms with Gasteiger partial charge in [-0.3, -0.25) is 4.79 Å². The van der Waals surface area contributed by atoms with E-state index in [9.17, 15) is 10.1 Å². The third-order valence-corrected chi connectivity index (χ3v) is 5.46. The molecule has 0 unspecified atom stereocenters. The maximum Gasteiger partial charge on any atom is 0.266 e. The highest BCUT2D eigenvalue weighted by molar-refractivity contribution is 6.10. The van der Waals surface area contributed by atoms with Crippen LogP contribution in [0.4, 0.5) is 5.69 Å². The Morgan fingerprint density at radius 3 is 2.39 bits per heavy atom. The first-order chi connectivity index (χ1) is 15.8. The molecular formula is C28H28N2O3. The van der Waals surface area contributed by atoms with Crippen molar-refractivity contribution in [3.05, 3.63) is 93.6 Å². The molecule has 0 heterocycles. The Morgan fingerprint density at radius 2 is 1.73 bits per heavy atom. The highest BCUT2D eigenvalue weighted by atomic mass is 16.5. The molecule has 33 heavy (non-hydrogen) atoms. The van der Waals surface area contributed by atoms with Crippen LogP contribution in [0.15, 0.2) is 60.2 Å². The molecule has 0 radical (unpaired) electrons. The zero-order valence-electron chi connectivity index (χ0n) is 19.7. The number of carbonyl (C=O) groups is 1. The molecule has 5 heteroatoms. The topological polar surface area (TPSA) is 71.3 Å². The molecule has 3 rings (SSSR count). The summed E-state index contributed by atoms with van der Waals surface area (Å²) >= 11 is 0. The van der Waals surface area contributed by atoms with E-state index in [1.165, 1.54) is 17.2 Å². The second kappa shape index (κ2) is 10.5. The van der Waals surface area contributed by atoms with E-state index < -0.39 is 5.91 Å². The summed E-state index contributed by atoms with van der Waals surface area (Å²) in [7, 11) is 1.56. The molecule has 1 N–H and O–H groups in total. The van der Waals surface area contributed by atoms with Crippen molar-refractivity contribution in [1.29, 1.82) is 5.26 Å². The van der Waals surface area contributed by atoms with Gasteiger partial charge in [0.25, 0.3) is 5.91 Å². The molecule has 5 nitrogen and oxygen atoms in total. The number of hydrogen-bond acceptors (Lipinski definition) is 4. The van der Waals surface area contributed by atoms with Crippen molar-refractivity contribution in [2.75, 3.05) is 12.4 Å². The molecule has 0 spiro atoms. The third kappa shape index (κ3) is 6.02. The van der Waals surface area contributed by atoms with Gasteiger partial charge in [-0.1, -0.05) is 42.0 Å². The largest absolute Gasteiger partial charge is 0.493 e. The number of methoxy groups -OCH3 is 1. The molecule has 3 aromatic carbocycles. The minimum atomic E-state index is -0.460. The summed E-state index contributed by atoms with van der Waals surface area (Å²) in [6.07, 6.45) is 1.54. The fourth-order valence-corrected chi connectivity index (χ4v) is 3.41. The smallest absolute Gasteiger partial charge is 0.266 e. The Labute approximate surface area is 195 Å². The molecule has 0 saturated heterocycles. The van der Waals surface area contributed by atoms with Crippen molar-refractivity contribution in [2.24, 2.45) is 0 Å². The predicted octanol–water partition coefficient (Wildman–Crippen LogP) is 6.05. The highest BCUT2D eigenvalue weighted by Crippen LogP contribution is 2.30. The van der Waals surface area contributed by atoms with Crippen LogP contribution in [-0.2, 0) is 11.4 Å². The lowest BCUT2D eigenvalue weighted by molar-refractivity contribution is -0.112. The lowest BCUT2D eigenvalue weighted by atomic mass is 10.1. The fourth-order valence-electron chi connectivity index (χ4n) is 3.41.